The molecule has 1 aliphatic rings. The first-order chi connectivity index (χ1) is 16.0. The lowest BCUT2D eigenvalue weighted by molar-refractivity contribution is -0.112. The van der Waals surface area contributed by atoms with Crippen LogP contribution in [-0.2, 0) is 16.3 Å². The van der Waals surface area contributed by atoms with E-state index in [4.69, 9.17) is 0 Å². The molecule has 1 aliphatic carbocycles. The zero-order valence-electron chi connectivity index (χ0n) is 19.4. The highest BCUT2D eigenvalue weighted by atomic mass is 19.3. The summed E-state index contributed by atoms with van der Waals surface area (Å²) in [5.74, 6) is -3.73. The number of benzene rings is 1. The van der Waals surface area contributed by atoms with Gasteiger partial charge < -0.3 is 15.2 Å². The largest absolute Gasteiger partial charge is 0.386 e. The number of pyridine rings is 1. The number of hydrogen-bond donors (Lipinski definition) is 2. The Hall–Kier alpha value is -3.20. The molecule has 0 aliphatic heterocycles. The summed E-state index contributed by atoms with van der Waals surface area (Å²) in [5.41, 5.74) is -0.482. The number of alkyl halides is 2. The van der Waals surface area contributed by atoms with Crippen molar-refractivity contribution in [1.29, 1.82) is 0 Å². The maximum Gasteiger partial charge on any atom is 0.287 e. The Kier molecular flexibility index (Phi) is 6.24. The van der Waals surface area contributed by atoms with Crippen LogP contribution in [0, 0.1) is 5.92 Å². The van der Waals surface area contributed by atoms with Crippen molar-refractivity contribution >= 4 is 28.8 Å². The van der Waals surface area contributed by atoms with Gasteiger partial charge in [-0.3, -0.25) is 9.48 Å². The molecule has 2 heterocycles. The van der Waals surface area contributed by atoms with Gasteiger partial charge in [0, 0.05) is 35.7 Å². The minimum atomic E-state index is -3.17. The van der Waals surface area contributed by atoms with Crippen LogP contribution in [0.4, 0.5) is 14.5 Å². The monoisotopic (exact) mass is 470 g/mol. The summed E-state index contributed by atoms with van der Waals surface area (Å²) in [6.45, 7) is 3.91. The van der Waals surface area contributed by atoms with E-state index >= 15 is 0 Å². The minimum Gasteiger partial charge on any atom is -0.386 e. The van der Waals surface area contributed by atoms with E-state index in [1.807, 2.05) is 10.9 Å². The van der Waals surface area contributed by atoms with Gasteiger partial charge in [-0.05, 0) is 63.8 Å². The number of nitrogens with one attached hydrogen (secondary N) is 1. The molecule has 9 heteroatoms. The topological polar surface area (TPSA) is 97.1 Å². The fraction of sp³-hybridized carbons (Fsp3) is 0.440. The van der Waals surface area contributed by atoms with E-state index in [1.165, 1.54) is 18.2 Å². The zero-order valence-corrected chi connectivity index (χ0v) is 19.4. The number of fused-ring (bicyclic) bond motifs is 1. The molecule has 2 aromatic heterocycles. The van der Waals surface area contributed by atoms with Crippen molar-refractivity contribution in [1.82, 2.24) is 14.8 Å². The maximum atomic E-state index is 13.7. The lowest BCUT2D eigenvalue weighted by Crippen LogP contribution is -2.22. The molecule has 0 atom stereocenters. The van der Waals surface area contributed by atoms with Crippen molar-refractivity contribution in [3.8, 4) is 0 Å². The number of aromatic nitrogens is 3. The molecule has 7 nitrogen and oxygen atoms in total. The summed E-state index contributed by atoms with van der Waals surface area (Å²) in [5, 5.41) is 18.9. The third-order valence-corrected chi connectivity index (χ3v) is 6.31. The molecule has 4 rings (SSSR count). The van der Waals surface area contributed by atoms with Crippen LogP contribution in [0.5, 0.6) is 0 Å². The number of aldehydes is 1. The van der Waals surface area contributed by atoms with Crippen LogP contribution in [0.1, 0.15) is 74.2 Å². The fourth-order valence-corrected chi connectivity index (χ4v) is 4.38. The molecule has 0 radical (unpaired) electrons. The first-order valence-corrected chi connectivity index (χ1v) is 11.3. The Balaban J connectivity index is 1.66. The number of carbonyl (C=O) groups excluding carboxylic acids is 2. The van der Waals surface area contributed by atoms with Crippen LogP contribution in [0.15, 0.2) is 36.5 Å². The fourth-order valence-electron chi connectivity index (χ4n) is 4.38. The van der Waals surface area contributed by atoms with Gasteiger partial charge in [0.15, 0.2) is 0 Å². The Morgan fingerprint density at radius 2 is 1.88 bits per heavy atom. The summed E-state index contributed by atoms with van der Waals surface area (Å²) in [4.78, 5) is 27.7. The summed E-state index contributed by atoms with van der Waals surface area (Å²) in [6.07, 6.45) is 6.26. The summed E-state index contributed by atoms with van der Waals surface area (Å²) in [7, 11) is 0. The summed E-state index contributed by atoms with van der Waals surface area (Å²) >= 11 is 0. The first-order valence-electron chi connectivity index (χ1n) is 11.3. The van der Waals surface area contributed by atoms with Gasteiger partial charge in [-0.1, -0.05) is 6.07 Å². The third-order valence-electron chi connectivity index (χ3n) is 6.31. The lowest BCUT2D eigenvalue weighted by Gasteiger charge is -2.25. The van der Waals surface area contributed by atoms with Crippen LogP contribution in [0.25, 0.3) is 10.9 Å². The number of carbonyl (C=O) groups is 2. The standard InChI is InChI=1S/C25H28F2N4O3/c1-24(2,34)18-12-20-16(13-31(30-20)17-9-7-15(14-32)8-10-17)11-21(18)29-23(33)19-5-4-6-22(28-19)25(3,26)27/h4-6,11-15,17,34H,7-10H2,1-3H3,(H,29,33)/t15-,17-. The number of amides is 1. The molecule has 0 bridgehead atoms. The molecule has 1 saturated carbocycles. The molecule has 0 saturated heterocycles. The minimum absolute atomic E-state index is 0.101. The van der Waals surface area contributed by atoms with E-state index in [1.54, 1.807) is 26.0 Å². The Morgan fingerprint density at radius 1 is 1.18 bits per heavy atom. The van der Waals surface area contributed by atoms with Gasteiger partial charge >= 0.3 is 0 Å². The number of anilines is 1. The molecule has 180 valence electrons. The highest BCUT2D eigenvalue weighted by Gasteiger charge is 2.28. The van der Waals surface area contributed by atoms with E-state index in [9.17, 15) is 23.5 Å². The first kappa shape index (κ1) is 23.9. The van der Waals surface area contributed by atoms with Gasteiger partial charge in [0.25, 0.3) is 11.8 Å². The highest BCUT2D eigenvalue weighted by Crippen LogP contribution is 2.35. The van der Waals surface area contributed by atoms with Gasteiger partial charge in [0.05, 0.1) is 17.2 Å². The van der Waals surface area contributed by atoms with E-state index in [-0.39, 0.29) is 17.7 Å². The molecule has 2 N–H and O–H groups in total. The number of aliphatic hydroxyl groups is 1. The average Bonchev–Trinajstić information content (AvgIpc) is 3.20. The Morgan fingerprint density at radius 3 is 2.50 bits per heavy atom. The molecule has 0 unspecified atom stereocenters. The lowest BCUT2D eigenvalue weighted by atomic mass is 9.87. The molecule has 1 fully saturated rings. The van der Waals surface area contributed by atoms with Crippen LogP contribution < -0.4 is 5.32 Å². The van der Waals surface area contributed by atoms with Gasteiger partial charge in [-0.25, -0.2) is 4.98 Å². The molecule has 1 amide bonds. The van der Waals surface area contributed by atoms with Crippen LogP contribution in [0.3, 0.4) is 0 Å². The predicted octanol–water partition coefficient (Wildman–Crippen LogP) is 4.95. The van der Waals surface area contributed by atoms with E-state index < -0.39 is 23.1 Å². The number of rotatable bonds is 6. The van der Waals surface area contributed by atoms with Gasteiger partial charge in [0.1, 0.15) is 17.7 Å². The predicted molar refractivity (Wildman–Crippen MR) is 124 cm³/mol. The zero-order chi connectivity index (χ0) is 24.7. The van der Waals surface area contributed by atoms with Crippen molar-refractivity contribution in [2.24, 2.45) is 5.92 Å². The van der Waals surface area contributed by atoms with Crippen molar-refractivity contribution in [3.63, 3.8) is 0 Å². The molecular weight excluding hydrogens is 442 g/mol. The summed E-state index contributed by atoms with van der Waals surface area (Å²) < 4.78 is 29.2. The Labute approximate surface area is 196 Å². The SMILES string of the molecule is CC(C)(O)c1cc2nn([C@H]3CC[C@H](C=O)CC3)cc2cc1NC(=O)c1cccc(C(C)(F)F)n1. The van der Waals surface area contributed by atoms with Gasteiger partial charge in [0.2, 0.25) is 0 Å². The number of hydrogen-bond acceptors (Lipinski definition) is 5. The quantitative estimate of drug-likeness (QED) is 0.497. The maximum absolute atomic E-state index is 13.7. The smallest absolute Gasteiger partial charge is 0.287 e. The van der Waals surface area contributed by atoms with E-state index in [2.05, 4.69) is 15.4 Å². The molecule has 0 spiro atoms. The van der Waals surface area contributed by atoms with Crippen molar-refractivity contribution in [2.75, 3.05) is 5.32 Å². The van der Waals surface area contributed by atoms with E-state index in [0.29, 0.717) is 16.8 Å². The number of halogens is 2. The van der Waals surface area contributed by atoms with Crippen LogP contribution in [-0.4, -0.2) is 32.1 Å². The van der Waals surface area contributed by atoms with Crippen LogP contribution >= 0.6 is 0 Å². The van der Waals surface area contributed by atoms with Crippen LogP contribution in [0.2, 0.25) is 0 Å². The summed E-state index contributed by atoms with van der Waals surface area (Å²) in [6, 6.07) is 7.51. The van der Waals surface area contributed by atoms with Crippen molar-refractivity contribution in [2.45, 2.75) is 64.0 Å². The van der Waals surface area contributed by atoms with Crippen molar-refractivity contribution in [3.05, 3.63) is 53.5 Å². The Bertz CT molecular complexity index is 1220. The molecular formula is C25H28F2N4O3. The highest BCUT2D eigenvalue weighted by molar-refractivity contribution is 6.04. The molecule has 1 aromatic carbocycles. The van der Waals surface area contributed by atoms with Gasteiger partial charge in [-0.2, -0.15) is 13.9 Å². The second kappa shape index (κ2) is 8.87. The molecule has 3 aromatic rings. The molecule has 34 heavy (non-hydrogen) atoms. The van der Waals surface area contributed by atoms with E-state index in [0.717, 1.165) is 44.3 Å². The normalized spacial score (nSPS) is 19.2. The number of nitrogens with zero attached hydrogens (tertiary/aromatic N) is 3. The average molecular weight is 471 g/mol. The van der Waals surface area contributed by atoms with Crippen molar-refractivity contribution < 1.29 is 23.5 Å². The second-order valence-corrected chi connectivity index (χ2v) is 9.58. The van der Waals surface area contributed by atoms with Gasteiger partial charge in [-0.15, -0.1) is 0 Å². The second-order valence-electron chi connectivity index (χ2n) is 9.58. The third kappa shape index (κ3) is 4.99.